The second-order valence-corrected chi connectivity index (χ2v) is 6.61. The Hall–Kier alpha value is -1.56. The van der Waals surface area contributed by atoms with Crippen molar-refractivity contribution in [2.45, 2.75) is 11.6 Å². The first-order chi connectivity index (χ1) is 10.2. The maximum atomic E-state index is 6.31. The van der Waals surface area contributed by atoms with E-state index in [2.05, 4.69) is 27.0 Å². The third-order valence-electron chi connectivity index (χ3n) is 3.37. The highest BCUT2D eigenvalue weighted by atomic mass is 32.1. The minimum absolute atomic E-state index is 0.557. The summed E-state index contributed by atoms with van der Waals surface area (Å²) < 4.78 is 11.9. The van der Waals surface area contributed by atoms with Gasteiger partial charge in [0.05, 0.1) is 16.5 Å². The van der Waals surface area contributed by atoms with E-state index < -0.39 is 5.22 Å². The summed E-state index contributed by atoms with van der Waals surface area (Å²) in [6, 6.07) is 12.0. The molecule has 2 aromatic heterocycles. The molecule has 0 saturated heterocycles. The predicted molar refractivity (Wildman–Crippen MR) is 87.1 cm³/mol. The van der Waals surface area contributed by atoms with Crippen molar-refractivity contribution in [3.05, 3.63) is 52.9 Å². The number of hydrogen-bond acceptors (Lipinski definition) is 4. The molecule has 107 valence electrons. The van der Waals surface area contributed by atoms with Gasteiger partial charge in [-0.15, -0.1) is 11.3 Å². The largest absolute Gasteiger partial charge is 0.483 e. The average Bonchev–Trinajstić information content (AvgIpc) is 3.16. The molecule has 1 N–H and O–H groups in total. The first-order valence-electron chi connectivity index (χ1n) is 6.82. The lowest BCUT2D eigenvalue weighted by Gasteiger charge is -2.30. The minimum Gasteiger partial charge on any atom is -0.483 e. The summed E-state index contributed by atoms with van der Waals surface area (Å²) in [6.45, 7) is 0.843. The number of furan rings is 1. The normalized spacial score (nSPS) is 14.2. The molecule has 0 fully saturated rings. The molecule has 1 aromatic carbocycles. The Labute approximate surface area is 131 Å². The van der Waals surface area contributed by atoms with Crippen LogP contribution in [-0.2, 0) is 5.22 Å². The Morgan fingerprint density at radius 3 is 2.95 bits per heavy atom. The van der Waals surface area contributed by atoms with Crippen LogP contribution in [0.4, 0.5) is 0 Å². The second-order valence-electron chi connectivity index (χ2n) is 4.86. The third kappa shape index (κ3) is 2.90. The van der Waals surface area contributed by atoms with Gasteiger partial charge in [0, 0.05) is 16.7 Å². The molecule has 0 unspecified atom stereocenters. The van der Waals surface area contributed by atoms with Crippen LogP contribution >= 0.6 is 11.3 Å². The van der Waals surface area contributed by atoms with Crippen LogP contribution in [0, 0.1) is 0 Å². The van der Waals surface area contributed by atoms with Crippen molar-refractivity contribution >= 4 is 32.5 Å². The van der Waals surface area contributed by atoms with Gasteiger partial charge in [0.15, 0.2) is 11.3 Å². The Bertz CT molecular complexity index is 710. The Balaban J connectivity index is 1.96. The number of para-hydroxylation sites is 1. The van der Waals surface area contributed by atoms with Crippen LogP contribution in [0.2, 0.25) is 0 Å². The lowest BCUT2D eigenvalue weighted by atomic mass is 10.2. The molecule has 0 aliphatic heterocycles. The summed E-state index contributed by atoms with van der Waals surface area (Å²) in [4.78, 5) is 1.14. The van der Waals surface area contributed by atoms with E-state index in [1.54, 1.807) is 17.6 Å². The van der Waals surface area contributed by atoms with Crippen LogP contribution in [0.5, 0.6) is 5.75 Å². The van der Waals surface area contributed by atoms with Gasteiger partial charge < -0.3 is 14.5 Å². The van der Waals surface area contributed by atoms with Gasteiger partial charge in [-0.1, -0.05) is 18.2 Å². The number of nitrogens with one attached hydrogen (secondary N) is 1. The van der Waals surface area contributed by atoms with Crippen molar-refractivity contribution in [2.75, 3.05) is 13.6 Å². The predicted octanol–water partition coefficient (Wildman–Crippen LogP) is 3.50. The Kier molecular flexibility index (Phi) is 4.14. The standard InChI is InChI=1S/C16H16NO2SSi/c1-17-9-8-16(21,14-6-3-11-20-14)19-13-5-2-4-12-7-10-18-15(12)13/h2-7,10-11,17H,8-9H2,1H3/t16-/m0/s1. The zero-order chi connectivity index (χ0) is 14.7. The fourth-order valence-corrected chi connectivity index (χ4v) is 3.56. The summed E-state index contributed by atoms with van der Waals surface area (Å²) in [5.74, 6) is 0.747. The van der Waals surface area contributed by atoms with Gasteiger partial charge in [-0.25, -0.2) is 0 Å². The van der Waals surface area contributed by atoms with Crippen LogP contribution < -0.4 is 10.1 Å². The molecular formula is C16H16NO2SSi. The molecule has 3 radical (unpaired) electrons. The lowest BCUT2D eigenvalue weighted by molar-refractivity contribution is 0.151. The molecule has 0 bridgehead atoms. The zero-order valence-electron chi connectivity index (χ0n) is 11.8. The quantitative estimate of drug-likeness (QED) is 0.707. The van der Waals surface area contributed by atoms with Crippen LogP contribution in [0.3, 0.4) is 0 Å². The molecule has 0 saturated carbocycles. The van der Waals surface area contributed by atoms with Gasteiger partial charge in [-0.05, 0) is 37.2 Å². The van der Waals surface area contributed by atoms with E-state index in [0.29, 0.717) is 0 Å². The van der Waals surface area contributed by atoms with E-state index in [4.69, 9.17) is 9.15 Å². The number of ether oxygens (including phenoxy) is 1. The molecule has 21 heavy (non-hydrogen) atoms. The molecule has 3 rings (SSSR count). The van der Waals surface area contributed by atoms with Gasteiger partial charge >= 0.3 is 0 Å². The number of benzene rings is 1. The van der Waals surface area contributed by atoms with Crippen molar-refractivity contribution < 1.29 is 9.15 Å². The Morgan fingerprint density at radius 1 is 1.29 bits per heavy atom. The van der Waals surface area contributed by atoms with Crippen molar-refractivity contribution in [1.29, 1.82) is 0 Å². The number of rotatable bonds is 6. The summed E-state index contributed by atoms with van der Waals surface area (Å²) in [6.07, 6.45) is 2.49. The number of hydrogen-bond donors (Lipinski definition) is 1. The summed E-state index contributed by atoms with van der Waals surface area (Å²) >= 11 is 1.68. The fourth-order valence-electron chi connectivity index (χ4n) is 2.27. The summed E-state index contributed by atoms with van der Waals surface area (Å²) in [5, 5.41) is 5.71. The van der Waals surface area contributed by atoms with Gasteiger partial charge in [0.1, 0.15) is 5.22 Å². The van der Waals surface area contributed by atoms with Crippen LogP contribution in [0.25, 0.3) is 11.0 Å². The fraction of sp³-hybridized carbons (Fsp3) is 0.250. The first-order valence-corrected chi connectivity index (χ1v) is 8.20. The third-order valence-corrected chi connectivity index (χ3v) is 5.19. The van der Waals surface area contributed by atoms with Gasteiger partial charge in [-0.2, -0.15) is 0 Å². The van der Waals surface area contributed by atoms with Crippen molar-refractivity contribution in [2.24, 2.45) is 0 Å². The molecule has 3 nitrogen and oxygen atoms in total. The SMILES string of the molecule is CNCC[C@@]([Si])(Oc1cccc2ccoc12)c1cccs1. The molecule has 3 aromatic rings. The average molecular weight is 314 g/mol. The van der Waals surface area contributed by atoms with Crippen molar-refractivity contribution in [3.8, 4) is 5.75 Å². The maximum absolute atomic E-state index is 6.31. The van der Waals surface area contributed by atoms with Crippen LogP contribution in [0.1, 0.15) is 11.3 Å². The molecule has 2 heterocycles. The highest BCUT2D eigenvalue weighted by molar-refractivity contribution is 7.10. The van der Waals surface area contributed by atoms with Crippen LogP contribution in [0.15, 0.2) is 52.5 Å². The molecule has 0 aliphatic carbocycles. The van der Waals surface area contributed by atoms with Gasteiger partial charge in [0.25, 0.3) is 0 Å². The van der Waals surface area contributed by atoms with E-state index in [9.17, 15) is 0 Å². The maximum Gasteiger partial charge on any atom is 0.175 e. The van der Waals surface area contributed by atoms with E-state index >= 15 is 0 Å². The second kappa shape index (κ2) is 6.05. The topological polar surface area (TPSA) is 34.4 Å². The molecule has 0 aliphatic rings. The molecule has 5 heteroatoms. The Morgan fingerprint density at radius 2 is 2.19 bits per heavy atom. The van der Waals surface area contributed by atoms with Crippen LogP contribution in [-0.4, -0.2) is 23.8 Å². The minimum atomic E-state index is -0.557. The number of thiophene rings is 1. The highest BCUT2D eigenvalue weighted by Gasteiger charge is 2.30. The van der Waals surface area contributed by atoms with E-state index in [-0.39, 0.29) is 0 Å². The lowest BCUT2D eigenvalue weighted by Crippen LogP contribution is -2.36. The first kappa shape index (κ1) is 14.4. The smallest absolute Gasteiger partial charge is 0.175 e. The van der Waals surface area contributed by atoms with Gasteiger partial charge in [0.2, 0.25) is 0 Å². The summed E-state index contributed by atoms with van der Waals surface area (Å²) in [7, 11) is 5.79. The van der Waals surface area contributed by atoms with Crippen molar-refractivity contribution in [3.63, 3.8) is 0 Å². The van der Waals surface area contributed by atoms with E-state index in [1.807, 2.05) is 37.4 Å². The van der Waals surface area contributed by atoms with E-state index in [0.717, 1.165) is 34.6 Å². The highest BCUT2D eigenvalue weighted by Crippen LogP contribution is 2.35. The molecule has 0 amide bonds. The van der Waals surface area contributed by atoms with Gasteiger partial charge in [-0.3, -0.25) is 0 Å². The molecule has 0 spiro atoms. The molecular weight excluding hydrogens is 298 g/mol. The molecule has 1 atom stereocenters. The van der Waals surface area contributed by atoms with Crippen molar-refractivity contribution in [1.82, 2.24) is 5.32 Å². The van der Waals surface area contributed by atoms with E-state index in [1.165, 1.54) is 0 Å². The monoisotopic (exact) mass is 314 g/mol. The summed E-state index contributed by atoms with van der Waals surface area (Å²) in [5.41, 5.74) is 0.779. The zero-order valence-corrected chi connectivity index (χ0v) is 13.6. The number of fused-ring (bicyclic) bond motifs is 1.